The number of thioether (sulfide) groups is 1. The van der Waals surface area contributed by atoms with Gasteiger partial charge in [0.05, 0.1) is 16.7 Å². The number of thiazole rings is 1. The lowest BCUT2D eigenvalue weighted by molar-refractivity contribution is -0.173. The molecule has 2 aliphatic heterocycles. The molecule has 1 saturated carbocycles. The van der Waals surface area contributed by atoms with Crippen molar-refractivity contribution in [3.8, 4) is 0 Å². The molecule has 2 unspecified atom stereocenters. The molecule has 2 amide bonds. The summed E-state index contributed by atoms with van der Waals surface area (Å²) < 4.78 is 10.1. The van der Waals surface area contributed by atoms with E-state index in [2.05, 4.69) is 10.3 Å². The Hall–Kier alpha value is -2.86. The van der Waals surface area contributed by atoms with E-state index in [0.29, 0.717) is 28.1 Å². The minimum Gasteiger partial charge on any atom is -0.427 e. The molecule has 37 heavy (non-hydrogen) atoms. The first kappa shape index (κ1) is 27.2. The summed E-state index contributed by atoms with van der Waals surface area (Å²) >= 11 is 2.69. The van der Waals surface area contributed by atoms with Gasteiger partial charge in [0.2, 0.25) is 6.79 Å². The van der Waals surface area contributed by atoms with Crippen molar-refractivity contribution in [2.45, 2.75) is 64.3 Å². The van der Waals surface area contributed by atoms with Gasteiger partial charge in [-0.05, 0) is 39.2 Å². The van der Waals surface area contributed by atoms with E-state index in [1.807, 2.05) is 6.08 Å². The number of nitrogen functional groups attached to an aromatic ring is 1. The number of hydrogen-bond acceptors (Lipinski definition) is 10. The molecule has 0 spiro atoms. The van der Waals surface area contributed by atoms with Gasteiger partial charge in [0.15, 0.2) is 5.13 Å². The standard InChI is InChI=1S/C25H32N4O6S2/c1-25(2,3)23(33)35-13-34-22(32)17-10-11-36-21-18(20(31)29(17)21)28-19(30)15(16-12-37-24(26)27-16)9-8-14-6-4-5-7-14/h9-10,12,14,18,21H,4-8,11,13H2,1-3H3,(H2,26,27)(H,28,30)/b15-9-. The maximum atomic E-state index is 13.3. The number of carbonyl (C=O) groups is 4. The highest BCUT2D eigenvalue weighted by Crippen LogP contribution is 2.38. The highest BCUT2D eigenvalue weighted by atomic mass is 32.2. The quantitative estimate of drug-likeness (QED) is 0.217. The van der Waals surface area contributed by atoms with E-state index in [4.69, 9.17) is 15.2 Å². The van der Waals surface area contributed by atoms with Crippen LogP contribution in [0.2, 0.25) is 0 Å². The molecule has 4 rings (SSSR count). The highest BCUT2D eigenvalue weighted by Gasteiger charge is 2.53. The van der Waals surface area contributed by atoms with Gasteiger partial charge < -0.3 is 20.5 Å². The number of fused-ring (bicyclic) bond motifs is 1. The number of nitrogens with two attached hydrogens (primary N) is 1. The van der Waals surface area contributed by atoms with Crippen LogP contribution in [0, 0.1) is 11.3 Å². The molecule has 1 aliphatic carbocycles. The average molecular weight is 549 g/mol. The van der Waals surface area contributed by atoms with Crippen molar-refractivity contribution in [3.63, 3.8) is 0 Å². The monoisotopic (exact) mass is 548 g/mol. The second-order valence-corrected chi connectivity index (χ2v) is 12.3. The van der Waals surface area contributed by atoms with Crippen LogP contribution in [0.1, 0.15) is 58.6 Å². The predicted octanol–water partition coefficient (Wildman–Crippen LogP) is 3.06. The zero-order valence-electron chi connectivity index (χ0n) is 21.2. The number of esters is 2. The summed E-state index contributed by atoms with van der Waals surface area (Å²) in [6.45, 7) is 4.52. The van der Waals surface area contributed by atoms with Crippen LogP contribution < -0.4 is 11.1 Å². The summed E-state index contributed by atoms with van der Waals surface area (Å²) in [6.07, 6.45) is 8.94. The van der Waals surface area contributed by atoms with Crippen LogP contribution in [-0.2, 0) is 28.7 Å². The van der Waals surface area contributed by atoms with Crippen molar-refractivity contribution in [1.82, 2.24) is 15.2 Å². The van der Waals surface area contributed by atoms with Crippen LogP contribution in [-0.4, -0.2) is 57.6 Å². The molecule has 12 heteroatoms. The van der Waals surface area contributed by atoms with E-state index in [1.165, 1.54) is 40.8 Å². The Bertz CT molecular complexity index is 1130. The molecule has 2 atom stereocenters. The summed E-state index contributed by atoms with van der Waals surface area (Å²) in [7, 11) is 0. The number of aromatic nitrogens is 1. The largest absolute Gasteiger partial charge is 0.427 e. The number of amides is 2. The van der Waals surface area contributed by atoms with Crippen LogP contribution >= 0.6 is 23.1 Å². The van der Waals surface area contributed by atoms with E-state index in [1.54, 1.807) is 32.2 Å². The number of carbonyl (C=O) groups excluding carboxylic acids is 4. The Labute approximate surface area is 224 Å². The Morgan fingerprint density at radius 3 is 2.62 bits per heavy atom. The minimum absolute atomic E-state index is 0.0790. The van der Waals surface area contributed by atoms with Gasteiger partial charge in [0.25, 0.3) is 11.8 Å². The molecule has 1 aromatic heterocycles. The van der Waals surface area contributed by atoms with Crippen LogP contribution in [0.5, 0.6) is 0 Å². The molecule has 0 radical (unpaired) electrons. The summed E-state index contributed by atoms with van der Waals surface area (Å²) in [5.74, 6) is -1.08. The highest BCUT2D eigenvalue weighted by molar-refractivity contribution is 8.00. The van der Waals surface area contributed by atoms with Gasteiger partial charge >= 0.3 is 11.9 Å². The fraction of sp³-hybridized carbons (Fsp3) is 0.560. The van der Waals surface area contributed by atoms with Crippen LogP contribution in [0.15, 0.2) is 23.2 Å². The zero-order chi connectivity index (χ0) is 26.7. The van der Waals surface area contributed by atoms with Crippen LogP contribution in [0.25, 0.3) is 5.57 Å². The predicted molar refractivity (Wildman–Crippen MR) is 141 cm³/mol. The normalized spacial score (nSPS) is 22.1. The molecular formula is C25H32N4O6S2. The molecule has 0 aromatic carbocycles. The van der Waals surface area contributed by atoms with E-state index in [9.17, 15) is 19.2 Å². The lowest BCUT2D eigenvalue weighted by atomic mass is 9.98. The van der Waals surface area contributed by atoms with Crippen molar-refractivity contribution in [2.75, 3.05) is 18.3 Å². The Morgan fingerprint density at radius 1 is 1.24 bits per heavy atom. The van der Waals surface area contributed by atoms with Crippen molar-refractivity contribution in [2.24, 2.45) is 11.3 Å². The third-order valence-corrected chi connectivity index (χ3v) is 8.36. The number of rotatable bonds is 8. The summed E-state index contributed by atoms with van der Waals surface area (Å²) in [6, 6.07) is -0.793. The molecule has 10 nitrogen and oxygen atoms in total. The second-order valence-electron chi connectivity index (χ2n) is 10.3. The van der Waals surface area contributed by atoms with Gasteiger partial charge in [-0.15, -0.1) is 23.1 Å². The minimum atomic E-state index is -0.793. The van der Waals surface area contributed by atoms with Crippen molar-refractivity contribution in [3.05, 3.63) is 28.9 Å². The topological polar surface area (TPSA) is 141 Å². The van der Waals surface area contributed by atoms with E-state index in [-0.39, 0.29) is 5.70 Å². The maximum absolute atomic E-state index is 13.3. The molecular weight excluding hydrogens is 516 g/mol. The van der Waals surface area contributed by atoms with Gasteiger partial charge in [-0.3, -0.25) is 19.3 Å². The van der Waals surface area contributed by atoms with Crippen molar-refractivity contribution in [1.29, 1.82) is 0 Å². The fourth-order valence-electron chi connectivity index (χ4n) is 4.43. The first-order valence-electron chi connectivity index (χ1n) is 12.3. The van der Waals surface area contributed by atoms with E-state index in [0.717, 1.165) is 19.3 Å². The van der Waals surface area contributed by atoms with Gasteiger partial charge in [0.1, 0.15) is 17.1 Å². The lowest BCUT2D eigenvalue weighted by Gasteiger charge is -2.48. The first-order chi connectivity index (χ1) is 17.6. The molecule has 200 valence electrons. The fourth-order valence-corrected chi connectivity index (χ4v) is 6.19. The number of allylic oxidation sites excluding steroid dienone is 1. The van der Waals surface area contributed by atoms with Gasteiger partial charge in [-0.2, -0.15) is 0 Å². The third-order valence-electron chi connectivity index (χ3n) is 6.51. The summed E-state index contributed by atoms with van der Waals surface area (Å²) in [5, 5.41) is 4.50. The zero-order valence-corrected chi connectivity index (χ0v) is 22.8. The molecule has 3 N–H and O–H groups in total. The Morgan fingerprint density at radius 2 is 1.97 bits per heavy atom. The summed E-state index contributed by atoms with van der Waals surface area (Å²) in [5.41, 5.74) is 6.05. The van der Waals surface area contributed by atoms with Crippen molar-refractivity contribution >= 4 is 57.6 Å². The van der Waals surface area contributed by atoms with Gasteiger partial charge in [0, 0.05) is 11.1 Å². The maximum Gasteiger partial charge on any atom is 0.357 e. The molecule has 2 fully saturated rings. The van der Waals surface area contributed by atoms with Crippen LogP contribution in [0.4, 0.5) is 5.13 Å². The first-order valence-corrected chi connectivity index (χ1v) is 14.2. The number of anilines is 1. The Kier molecular flexibility index (Phi) is 8.27. The second kappa shape index (κ2) is 11.3. The number of nitrogens with zero attached hydrogens (tertiary/aromatic N) is 2. The molecule has 3 heterocycles. The molecule has 1 aromatic rings. The number of nitrogens with one attached hydrogen (secondary N) is 1. The lowest BCUT2D eigenvalue weighted by Crippen LogP contribution is -2.70. The summed E-state index contributed by atoms with van der Waals surface area (Å²) in [4.78, 5) is 56.4. The molecule has 1 saturated heterocycles. The van der Waals surface area contributed by atoms with Gasteiger partial charge in [-0.1, -0.05) is 31.8 Å². The van der Waals surface area contributed by atoms with E-state index >= 15 is 0 Å². The average Bonchev–Trinajstić information content (AvgIpc) is 3.53. The SMILES string of the molecule is CC(C)(C)C(=O)OCOC(=O)C1=CCSC2C(NC(=O)/C(=C\CC3CCCC3)c3csc(N)n3)C(=O)N12. The van der Waals surface area contributed by atoms with Crippen molar-refractivity contribution < 1.29 is 28.7 Å². The molecule has 0 bridgehead atoms. The smallest absolute Gasteiger partial charge is 0.357 e. The number of ether oxygens (including phenoxy) is 2. The third kappa shape index (κ3) is 6.18. The van der Waals surface area contributed by atoms with Crippen LogP contribution in [0.3, 0.4) is 0 Å². The number of hydrogen-bond donors (Lipinski definition) is 2. The van der Waals surface area contributed by atoms with E-state index < -0.39 is 47.4 Å². The number of β-lactam (4-membered cyclic amide) rings is 1. The van der Waals surface area contributed by atoms with Gasteiger partial charge in [-0.25, -0.2) is 9.78 Å². The molecule has 3 aliphatic rings. The Balaban J connectivity index is 1.38.